The Hall–Kier alpha value is -2.00. The van der Waals surface area contributed by atoms with Crippen molar-refractivity contribution in [3.8, 4) is 11.1 Å². The molecule has 0 fully saturated rings. The minimum absolute atomic E-state index is 1.04. The number of nitrogens with zero attached hydrogens (tertiary/aromatic N) is 2. The molecule has 3 aromatic rings. The van der Waals surface area contributed by atoms with Gasteiger partial charge in [0, 0.05) is 11.6 Å². The monoisotopic (exact) mass is 262 g/mol. The lowest BCUT2D eigenvalue weighted by Gasteiger charge is -2.18. The molecule has 1 aliphatic heterocycles. The Balaban J connectivity index is 2.15. The van der Waals surface area contributed by atoms with E-state index < -0.39 is 8.07 Å². The van der Waals surface area contributed by atoms with Crippen LogP contribution in [-0.4, -0.2) is 18.0 Å². The van der Waals surface area contributed by atoms with Crippen molar-refractivity contribution >= 4 is 29.4 Å². The van der Waals surface area contributed by atoms with Gasteiger partial charge in [0.05, 0.1) is 5.52 Å². The topological polar surface area (TPSA) is 25.8 Å². The molecule has 2 aromatic carbocycles. The number of hydrogen-bond donors (Lipinski definition) is 0. The predicted molar refractivity (Wildman–Crippen MR) is 81.7 cm³/mol. The largest absolute Gasteiger partial charge is 0.244 e. The van der Waals surface area contributed by atoms with Crippen LogP contribution < -0.4 is 10.4 Å². The van der Waals surface area contributed by atoms with Gasteiger partial charge in [-0.1, -0.05) is 43.4 Å². The highest BCUT2D eigenvalue weighted by molar-refractivity contribution is 7.03. The summed E-state index contributed by atoms with van der Waals surface area (Å²) in [5.41, 5.74) is 3.81. The highest BCUT2D eigenvalue weighted by Gasteiger charge is 2.37. The van der Waals surface area contributed by atoms with Gasteiger partial charge >= 0.3 is 0 Å². The minimum atomic E-state index is -1.55. The average Bonchev–Trinajstić information content (AvgIpc) is 2.66. The van der Waals surface area contributed by atoms with Crippen molar-refractivity contribution in [3.63, 3.8) is 0 Å². The van der Waals surface area contributed by atoms with E-state index in [1.165, 1.54) is 21.5 Å². The molecule has 0 aliphatic carbocycles. The zero-order chi connectivity index (χ0) is 13.0. The highest BCUT2D eigenvalue weighted by Crippen LogP contribution is 2.30. The molecular formula is C16H14N2Si. The summed E-state index contributed by atoms with van der Waals surface area (Å²) in [4.78, 5) is 8.52. The normalized spacial score (nSPS) is 15.3. The first-order valence-electron chi connectivity index (χ1n) is 6.52. The zero-order valence-corrected chi connectivity index (χ0v) is 12.0. The van der Waals surface area contributed by atoms with Crippen molar-refractivity contribution in [1.29, 1.82) is 0 Å². The third kappa shape index (κ3) is 1.36. The molecule has 0 spiro atoms. The maximum absolute atomic E-state index is 4.38. The van der Waals surface area contributed by atoms with E-state index in [-0.39, 0.29) is 0 Å². The third-order valence-electron chi connectivity index (χ3n) is 4.21. The summed E-state index contributed by atoms with van der Waals surface area (Å²) < 4.78 is 0. The van der Waals surface area contributed by atoms with E-state index in [0.29, 0.717) is 0 Å². The Kier molecular flexibility index (Phi) is 2.01. The van der Waals surface area contributed by atoms with Crippen LogP contribution in [0, 0.1) is 0 Å². The molecule has 2 nitrogen and oxygen atoms in total. The quantitative estimate of drug-likeness (QED) is 0.582. The molecular weight excluding hydrogens is 248 g/mol. The molecule has 0 amide bonds. The Morgan fingerprint density at radius 2 is 1.79 bits per heavy atom. The van der Waals surface area contributed by atoms with Crippen LogP contribution in [0.3, 0.4) is 0 Å². The van der Waals surface area contributed by atoms with Gasteiger partial charge in [-0.3, -0.25) is 0 Å². The average molecular weight is 262 g/mol. The first-order valence-corrected chi connectivity index (χ1v) is 9.52. The molecule has 0 unspecified atom stereocenters. The van der Waals surface area contributed by atoms with E-state index >= 15 is 0 Å². The summed E-state index contributed by atoms with van der Waals surface area (Å²) in [5, 5.41) is 4.19. The van der Waals surface area contributed by atoms with Crippen LogP contribution in [0.15, 0.2) is 48.9 Å². The SMILES string of the molecule is C[Si]1(C)c2ccccc2-c2cc3ncncc3cc21. The van der Waals surface area contributed by atoms with Gasteiger partial charge in [-0.05, 0) is 27.6 Å². The second-order valence-electron chi connectivity index (χ2n) is 5.65. The van der Waals surface area contributed by atoms with E-state index in [2.05, 4.69) is 59.5 Å². The molecule has 92 valence electrons. The molecule has 0 bridgehead atoms. The lowest BCUT2D eigenvalue weighted by molar-refractivity contribution is 1.22. The van der Waals surface area contributed by atoms with E-state index in [1.807, 2.05) is 6.20 Å². The van der Waals surface area contributed by atoms with Crippen LogP contribution in [-0.2, 0) is 0 Å². The van der Waals surface area contributed by atoms with Crippen molar-refractivity contribution in [2.24, 2.45) is 0 Å². The Bertz CT molecular complexity index is 809. The maximum atomic E-state index is 4.38. The smallest absolute Gasteiger partial charge is 0.116 e. The summed E-state index contributed by atoms with van der Waals surface area (Å²) in [6, 6.07) is 13.3. The molecule has 1 aliphatic rings. The first kappa shape index (κ1) is 10.9. The molecule has 19 heavy (non-hydrogen) atoms. The van der Waals surface area contributed by atoms with Gasteiger partial charge in [0.25, 0.3) is 0 Å². The summed E-state index contributed by atoms with van der Waals surface area (Å²) in [7, 11) is -1.55. The van der Waals surface area contributed by atoms with Crippen molar-refractivity contribution in [2.75, 3.05) is 0 Å². The lowest BCUT2D eigenvalue weighted by Crippen LogP contribution is -2.49. The fraction of sp³-hybridized carbons (Fsp3) is 0.125. The van der Waals surface area contributed by atoms with Crippen LogP contribution in [0.1, 0.15) is 0 Å². The second kappa shape index (κ2) is 3.51. The third-order valence-corrected chi connectivity index (χ3v) is 7.75. The van der Waals surface area contributed by atoms with Gasteiger partial charge in [0.1, 0.15) is 14.4 Å². The van der Waals surface area contributed by atoms with E-state index in [9.17, 15) is 0 Å². The van der Waals surface area contributed by atoms with Crippen LogP contribution in [0.25, 0.3) is 22.0 Å². The van der Waals surface area contributed by atoms with Gasteiger partial charge in [0.15, 0.2) is 0 Å². The predicted octanol–water partition coefficient (Wildman–Crippen LogP) is 2.43. The van der Waals surface area contributed by atoms with Crippen LogP contribution in [0.2, 0.25) is 13.1 Å². The van der Waals surface area contributed by atoms with E-state index in [4.69, 9.17) is 0 Å². The Morgan fingerprint density at radius 1 is 0.947 bits per heavy atom. The first-order chi connectivity index (χ1) is 9.18. The van der Waals surface area contributed by atoms with E-state index in [1.54, 1.807) is 6.33 Å². The molecule has 2 heterocycles. The maximum Gasteiger partial charge on any atom is 0.116 e. The number of benzene rings is 2. The Labute approximate surface area is 113 Å². The lowest BCUT2D eigenvalue weighted by atomic mass is 10.0. The Morgan fingerprint density at radius 3 is 2.68 bits per heavy atom. The molecule has 4 rings (SSSR count). The molecule has 3 heteroatoms. The van der Waals surface area contributed by atoms with Crippen LogP contribution in [0.4, 0.5) is 0 Å². The number of fused-ring (bicyclic) bond motifs is 4. The minimum Gasteiger partial charge on any atom is -0.244 e. The van der Waals surface area contributed by atoms with Crippen molar-refractivity contribution in [3.05, 3.63) is 48.9 Å². The molecule has 0 atom stereocenters. The van der Waals surface area contributed by atoms with Crippen LogP contribution in [0.5, 0.6) is 0 Å². The van der Waals surface area contributed by atoms with Gasteiger partial charge in [-0.25, -0.2) is 9.97 Å². The van der Waals surface area contributed by atoms with Gasteiger partial charge < -0.3 is 0 Å². The van der Waals surface area contributed by atoms with Gasteiger partial charge in [-0.15, -0.1) is 0 Å². The highest BCUT2D eigenvalue weighted by atomic mass is 28.3. The van der Waals surface area contributed by atoms with Crippen molar-refractivity contribution < 1.29 is 0 Å². The zero-order valence-electron chi connectivity index (χ0n) is 11.0. The standard InChI is InChI=1S/C16H14N2Si/c1-19(2)15-6-4-3-5-12(15)13-8-14-11(7-16(13)19)9-17-10-18-14/h3-10H,1-2H3. The number of aromatic nitrogens is 2. The van der Waals surface area contributed by atoms with Gasteiger partial charge in [-0.2, -0.15) is 0 Å². The second-order valence-corrected chi connectivity index (χ2v) is 9.98. The fourth-order valence-electron chi connectivity index (χ4n) is 3.18. The van der Waals surface area contributed by atoms with E-state index in [0.717, 1.165) is 10.9 Å². The summed E-state index contributed by atoms with van der Waals surface area (Å²) >= 11 is 0. The van der Waals surface area contributed by atoms with Crippen molar-refractivity contribution in [2.45, 2.75) is 13.1 Å². The summed E-state index contributed by atoms with van der Waals surface area (Å²) in [5.74, 6) is 0. The number of rotatable bonds is 0. The van der Waals surface area contributed by atoms with Crippen molar-refractivity contribution in [1.82, 2.24) is 9.97 Å². The summed E-state index contributed by atoms with van der Waals surface area (Å²) in [6.45, 7) is 4.85. The molecule has 1 aromatic heterocycles. The summed E-state index contributed by atoms with van der Waals surface area (Å²) in [6.07, 6.45) is 3.54. The molecule has 0 radical (unpaired) electrons. The fourth-order valence-corrected chi connectivity index (χ4v) is 6.27. The molecule has 0 N–H and O–H groups in total. The molecule has 0 saturated carbocycles. The molecule has 0 saturated heterocycles. The number of hydrogen-bond acceptors (Lipinski definition) is 2. The van der Waals surface area contributed by atoms with Crippen LogP contribution >= 0.6 is 0 Å². The van der Waals surface area contributed by atoms with Gasteiger partial charge in [0.2, 0.25) is 0 Å².